The third-order valence-corrected chi connectivity index (χ3v) is 4.49. The summed E-state index contributed by atoms with van der Waals surface area (Å²) in [6, 6.07) is 11.3. The summed E-state index contributed by atoms with van der Waals surface area (Å²) in [4.78, 5) is 18.9. The van der Waals surface area contributed by atoms with Gasteiger partial charge in [0.25, 0.3) is 5.91 Å². The number of nitrogens with zero attached hydrogens (tertiary/aromatic N) is 3. The molecule has 5 nitrogen and oxygen atoms in total. The molecule has 1 N–H and O–H groups in total. The third-order valence-electron chi connectivity index (χ3n) is 4.49. The summed E-state index contributed by atoms with van der Waals surface area (Å²) in [5.74, 6) is -0.0657. The Labute approximate surface area is 133 Å². The first kappa shape index (κ1) is 14.0. The van der Waals surface area contributed by atoms with Gasteiger partial charge in [0.15, 0.2) is 0 Å². The van der Waals surface area contributed by atoms with Gasteiger partial charge >= 0.3 is 0 Å². The standard InChI is InChI=1S/C18H17N3O2/c22-12-16-15-4-2-1-3-13(15)6-9-21(16)18(23)14-5-8-20-10-7-19-17(20)11-14/h1-5,7-8,10-11,16,22H,6,9,12H2/t16-/m1/s1. The maximum absolute atomic E-state index is 12.9. The number of carbonyl (C=O) groups is 1. The Hall–Kier alpha value is -2.66. The Morgan fingerprint density at radius 1 is 1.26 bits per heavy atom. The molecule has 0 fully saturated rings. The highest BCUT2D eigenvalue weighted by molar-refractivity contribution is 5.95. The van der Waals surface area contributed by atoms with Crippen molar-refractivity contribution in [3.05, 3.63) is 71.7 Å². The van der Waals surface area contributed by atoms with E-state index in [1.807, 2.05) is 35.0 Å². The number of rotatable bonds is 2. The van der Waals surface area contributed by atoms with E-state index in [0.717, 1.165) is 17.6 Å². The molecule has 0 saturated heterocycles. The average molecular weight is 307 g/mol. The van der Waals surface area contributed by atoms with Gasteiger partial charge in [0.05, 0.1) is 12.6 Å². The van der Waals surface area contributed by atoms with Gasteiger partial charge in [-0.3, -0.25) is 4.79 Å². The number of aromatic nitrogens is 2. The molecule has 0 spiro atoms. The van der Waals surface area contributed by atoms with E-state index in [4.69, 9.17) is 0 Å². The molecule has 1 aliphatic rings. The maximum atomic E-state index is 12.9. The van der Waals surface area contributed by atoms with Gasteiger partial charge in [-0.1, -0.05) is 24.3 Å². The molecule has 3 heterocycles. The van der Waals surface area contributed by atoms with Crippen LogP contribution < -0.4 is 0 Å². The average Bonchev–Trinajstić information content (AvgIpc) is 3.07. The summed E-state index contributed by atoms with van der Waals surface area (Å²) in [5, 5.41) is 9.83. The Morgan fingerprint density at radius 3 is 3.00 bits per heavy atom. The monoisotopic (exact) mass is 307 g/mol. The van der Waals surface area contributed by atoms with Crippen LogP contribution in [-0.4, -0.2) is 38.4 Å². The van der Waals surface area contributed by atoms with Gasteiger partial charge < -0.3 is 14.4 Å². The second kappa shape index (κ2) is 5.52. The Morgan fingerprint density at radius 2 is 2.13 bits per heavy atom. The zero-order valence-electron chi connectivity index (χ0n) is 12.6. The van der Waals surface area contributed by atoms with Gasteiger partial charge in [-0.25, -0.2) is 4.98 Å². The van der Waals surface area contributed by atoms with Crippen LogP contribution in [0.15, 0.2) is 55.0 Å². The second-order valence-electron chi connectivity index (χ2n) is 5.75. The second-order valence-corrected chi connectivity index (χ2v) is 5.75. The SMILES string of the molecule is O=C(c1ccn2ccnc2c1)N1CCc2ccccc2[C@H]1CO. The van der Waals surface area contributed by atoms with Crippen LogP contribution in [-0.2, 0) is 6.42 Å². The van der Waals surface area contributed by atoms with Gasteiger partial charge in [-0.05, 0) is 29.7 Å². The molecule has 5 heteroatoms. The van der Waals surface area contributed by atoms with E-state index >= 15 is 0 Å². The number of carbonyl (C=O) groups excluding carboxylic acids is 1. The van der Waals surface area contributed by atoms with Gasteiger partial charge in [0.2, 0.25) is 0 Å². The highest BCUT2D eigenvalue weighted by Gasteiger charge is 2.30. The molecular weight excluding hydrogens is 290 g/mol. The van der Waals surface area contributed by atoms with E-state index in [0.29, 0.717) is 12.1 Å². The van der Waals surface area contributed by atoms with E-state index in [2.05, 4.69) is 11.1 Å². The molecule has 1 atom stereocenters. The topological polar surface area (TPSA) is 57.8 Å². The number of imidazole rings is 1. The van der Waals surface area contributed by atoms with Crippen LogP contribution in [0.2, 0.25) is 0 Å². The zero-order valence-corrected chi connectivity index (χ0v) is 12.6. The van der Waals surface area contributed by atoms with Gasteiger partial charge in [0.1, 0.15) is 5.65 Å². The molecule has 4 rings (SSSR count). The van der Waals surface area contributed by atoms with Crippen molar-refractivity contribution in [2.45, 2.75) is 12.5 Å². The Kier molecular flexibility index (Phi) is 3.35. The quantitative estimate of drug-likeness (QED) is 0.788. The lowest BCUT2D eigenvalue weighted by molar-refractivity contribution is 0.0568. The smallest absolute Gasteiger partial charge is 0.254 e. The van der Waals surface area contributed by atoms with E-state index in [9.17, 15) is 9.90 Å². The lowest BCUT2D eigenvalue weighted by atomic mass is 9.92. The molecule has 116 valence electrons. The van der Waals surface area contributed by atoms with Crippen molar-refractivity contribution in [1.82, 2.24) is 14.3 Å². The van der Waals surface area contributed by atoms with E-state index in [-0.39, 0.29) is 18.6 Å². The minimum Gasteiger partial charge on any atom is -0.394 e. The molecule has 3 aromatic rings. The molecule has 0 saturated carbocycles. The predicted molar refractivity (Wildman–Crippen MR) is 86.2 cm³/mol. The molecule has 0 radical (unpaired) electrons. The first-order chi connectivity index (χ1) is 11.3. The molecule has 1 aromatic carbocycles. The number of hydrogen-bond donors (Lipinski definition) is 1. The first-order valence-electron chi connectivity index (χ1n) is 7.70. The lowest BCUT2D eigenvalue weighted by Crippen LogP contribution is -2.41. The Balaban J connectivity index is 1.70. The first-order valence-corrected chi connectivity index (χ1v) is 7.70. The minimum atomic E-state index is -0.288. The zero-order chi connectivity index (χ0) is 15.8. The highest BCUT2D eigenvalue weighted by atomic mass is 16.3. The fourth-order valence-corrected chi connectivity index (χ4v) is 3.30. The van der Waals surface area contributed by atoms with Crippen molar-refractivity contribution in [3.8, 4) is 0 Å². The highest BCUT2D eigenvalue weighted by Crippen LogP contribution is 2.30. The van der Waals surface area contributed by atoms with Crippen molar-refractivity contribution < 1.29 is 9.90 Å². The van der Waals surface area contributed by atoms with E-state index in [1.54, 1.807) is 23.2 Å². The predicted octanol–water partition coefficient (Wildman–Crippen LogP) is 2.07. The number of benzene rings is 1. The molecule has 2 aromatic heterocycles. The molecule has 23 heavy (non-hydrogen) atoms. The van der Waals surface area contributed by atoms with Gasteiger partial charge in [-0.2, -0.15) is 0 Å². The minimum absolute atomic E-state index is 0.0657. The summed E-state index contributed by atoms with van der Waals surface area (Å²) in [6.45, 7) is 0.537. The molecule has 1 amide bonds. The van der Waals surface area contributed by atoms with Crippen LogP contribution in [0, 0.1) is 0 Å². The van der Waals surface area contributed by atoms with Gasteiger partial charge in [-0.15, -0.1) is 0 Å². The maximum Gasteiger partial charge on any atom is 0.254 e. The Bertz CT molecular complexity index is 871. The number of aliphatic hydroxyl groups is 1. The normalized spacial score (nSPS) is 17.3. The molecule has 0 aliphatic carbocycles. The number of pyridine rings is 1. The van der Waals surface area contributed by atoms with Crippen LogP contribution >= 0.6 is 0 Å². The summed E-state index contributed by atoms with van der Waals surface area (Å²) in [6.07, 6.45) is 6.19. The summed E-state index contributed by atoms with van der Waals surface area (Å²) in [5.41, 5.74) is 3.59. The van der Waals surface area contributed by atoms with Crippen molar-refractivity contribution >= 4 is 11.6 Å². The van der Waals surface area contributed by atoms with Gasteiger partial charge in [0, 0.05) is 30.7 Å². The largest absolute Gasteiger partial charge is 0.394 e. The van der Waals surface area contributed by atoms with Crippen LogP contribution in [0.1, 0.15) is 27.5 Å². The number of fused-ring (bicyclic) bond motifs is 2. The summed E-state index contributed by atoms with van der Waals surface area (Å²) in [7, 11) is 0. The van der Waals surface area contributed by atoms with Crippen LogP contribution in [0.3, 0.4) is 0 Å². The fraction of sp³-hybridized carbons (Fsp3) is 0.222. The number of aliphatic hydroxyl groups excluding tert-OH is 1. The molecule has 0 bridgehead atoms. The molecule has 1 aliphatic heterocycles. The summed E-state index contributed by atoms with van der Waals surface area (Å²) < 4.78 is 1.87. The number of amides is 1. The third kappa shape index (κ3) is 2.29. The summed E-state index contributed by atoms with van der Waals surface area (Å²) >= 11 is 0. The number of hydrogen-bond acceptors (Lipinski definition) is 3. The van der Waals surface area contributed by atoms with Crippen molar-refractivity contribution in [2.24, 2.45) is 0 Å². The molecular formula is C18H17N3O2. The van der Waals surface area contributed by atoms with Crippen molar-refractivity contribution in [2.75, 3.05) is 13.2 Å². The molecule has 0 unspecified atom stereocenters. The van der Waals surface area contributed by atoms with Crippen LogP contribution in [0.5, 0.6) is 0 Å². The van der Waals surface area contributed by atoms with E-state index in [1.165, 1.54) is 5.56 Å². The van der Waals surface area contributed by atoms with Crippen LogP contribution in [0.25, 0.3) is 5.65 Å². The van der Waals surface area contributed by atoms with Crippen molar-refractivity contribution in [1.29, 1.82) is 0 Å². The lowest BCUT2D eigenvalue weighted by Gasteiger charge is -2.36. The fourth-order valence-electron chi connectivity index (χ4n) is 3.30. The van der Waals surface area contributed by atoms with E-state index < -0.39 is 0 Å². The van der Waals surface area contributed by atoms with Crippen molar-refractivity contribution in [3.63, 3.8) is 0 Å². The van der Waals surface area contributed by atoms with Crippen LogP contribution in [0.4, 0.5) is 0 Å².